The van der Waals surface area contributed by atoms with Crippen molar-refractivity contribution in [2.75, 3.05) is 0 Å². The molecular weight excluding hydrogens is 439 g/mol. The minimum Gasteiger partial charge on any atom is -0.331 e. The number of imidazole rings is 1. The number of rotatable bonds is 5. The van der Waals surface area contributed by atoms with Gasteiger partial charge in [-0.1, -0.05) is 48.2 Å². The fourth-order valence-corrected chi connectivity index (χ4v) is 4.71. The molecule has 2 aliphatic rings. The maximum absolute atomic E-state index is 12.4. The summed E-state index contributed by atoms with van der Waals surface area (Å²) in [5.74, 6) is 0.680. The van der Waals surface area contributed by atoms with Crippen LogP contribution in [0.25, 0.3) is 17.1 Å². The number of fused-ring (bicyclic) bond motifs is 1. The van der Waals surface area contributed by atoms with Gasteiger partial charge in [-0.2, -0.15) is 0 Å². The number of aromatic nitrogens is 2. The normalized spacial score (nSPS) is 19.2. The van der Waals surface area contributed by atoms with Gasteiger partial charge in [-0.05, 0) is 60.0 Å². The first-order chi connectivity index (χ1) is 14.6. The molecule has 1 aliphatic carbocycles. The summed E-state index contributed by atoms with van der Waals surface area (Å²) in [6.07, 6.45) is 7.66. The Morgan fingerprint density at radius 1 is 1.23 bits per heavy atom. The van der Waals surface area contributed by atoms with E-state index in [1.165, 1.54) is 31.0 Å². The Balaban J connectivity index is 1.40. The molecule has 1 aliphatic heterocycles. The number of carbonyl (C=O) groups excluding carboxylic acids is 1. The summed E-state index contributed by atoms with van der Waals surface area (Å²) in [6, 6.07) is 11.2. The number of nitrogens with zero attached hydrogens (tertiary/aromatic N) is 3. The van der Waals surface area contributed by atoms with Crippen LogP contribution in [0.3, 0.4) is 0 Å². The lowest BCUT2D eigenvalue weighted by Gasteiger charge is -2.04. The smallest absolute Gasteiger partial charge is 0.264 e. The van der Waals surface area contributed by atoms with E-state index in [0.717, 1.165) is 29.1 Å². The molecule has 1 amide bonds. The molecule has 1 aromatic heterocycles. The molecule has 0 bridgehead atoms. The molecule has 5 nitrogen and oxygen atoms in total. The fraction of sp³-hybridized carbons (Fsp3) is 0.227. The minimum atomic E-state index is -0.190. The summed E-state index contributed by atoms with van der Waals surface area (Å²) in [5.41, 5.74) is 3.45. The van der Waals surface area contributed by atoms with Gasteiger partial charge in [-0.15, -0.1) is 0 Å². The second kappa shape index (κ2) is 8.10. The van der Waals surface area contributed by atoms with Crippen molar-refractivity contribution in [2.45, 2.75) is 25.8 Å². The van der Waals surface area contributed by atoms with Crippen molar-refractivity contribution < 1.29 is 4.79 Å². The lowest BCUT2D eigenvalue weighted by molar-refractivity contribution is -0.115. The van der Waals surface area contributed by atoms with Crippen molar-refractivity contribution in [3.8, 4) is 0 Å². The number of amidine groups is 1. The summed E-state index contributed by atoms with van der Waals surface area (Å²) in [7, 11) is 0. The van der Waals surface area contributed by atoms with Gasteiger partial charge in [0, 0.05) is 6.54 Å². The molecule has 1 saturated carbocycles. The summed E-state index contributed by atoms with van der Waals surface area (Å²) in [4.78, 5) is 21.9. The Hall–Kier alpha value is -2.28. The largest absolute Gasteiger partial charge is 0.331 e. The zero-order chi connectivity index (χ0) is 20.7. The molecule has 1 N–H and O–H groups in total. The minimum absolute atomic E-state index is 0.190. The summed E-state index contributed by atoms with van der Waals surface area (Å²) >= 11 is 13.6. The van der Waals surface area contributed by atoms with Crippen LogP contribution in [0.2, 0.25) is 10.0 Å². The molecule has 0 unspecified atom stereocenters. The van der Waals surface area contributed by atoms with E-state index in [1.807, 2.05) is 24.5 Å². The second-order valence-corrected chi connectivity index (χ2v) is 9.32. The first-order valence-electron chi connectivity index (χ1n) is 9.75. The Morgan fingerprint density at radius 3 is 2.80 bits per heavy atom. The summed E-state index contributed by atoms with van der Waals surface area (Å²) < 4.78 is 2.20. The van der Waals surface area contributed by atoms with E-state index in [1.54, 1.807) is 18.2 Å². The van der Waals surface area contributed by atoms with Gasteiger partial charge in [0.2, 0.25) is 0 Å². The fourth-order valence-electron chi connectivity index (χ4n) is 3.40. The number of hydrogen-bond acceptors (Lipinski definition) is 4. The lowest BCUT2D eigenvalue weighted by atomic mass is 10.2. The Kier molecular flexibility index (Phi) is 5.31. The van der Waals surface area contributed by atoms with E-state index in [2.05, 4.69) is 25.9 Å². The van der Waals surface area contributed by atoms with Crippen LogP contribution in [0, 0.1) is 5.92 Å². The van der Waals surface area contributed by atoms with Gasteiger partial charge in [-0.25, -0.2) is 9.98 Å². The summed E-state index contributed by atoms with van der Waals surface area (Å²) in [5, 5.41) is 4.11. The third-order valence-corrected chi connectivity index (χ3v) is 6.74. The van der Waals surface area contributed by atoms with Crippen molar-refractivity contribution in [3.63, 3.8) is 0 Å². The molecule has 8 heteroatoms. The van der Waals surface area contributed by atoms with Crippen LogP contribution in [0.4, 0.5) is 5.69 Å². The number of thioether (sulfide) groups is 1. The van der Waals surface area contributed by atoms with Crippen LogP contribution in [0.1, 0.15) is 24.8 Å². The van der Waals surface area contributed by atoms with Crippen LogP contribution in [-0.2, 0) is 11.3 Å². The molecule has 2 aromatic carbocycles. The standard InChI is InChI=1S/C22H18Cl2N4OS/c23-15-2-1-3-16(24)20(15)26-22-27-21(29)19(30-22)11-14-6-7-17-18(10-14)28(12-25-17)9-8-13-4-5-13/h1-3,6-7,10-13H,4-5,8-9H2,(H,26,27,29)/b19-11-. The Labute approximate surface area is 188 Å². The molecule has 2 fully saturated rings. The van der Waals surface area contributed by atoms with Gasteiger partial charge in [0.1, 0.15) is 5.69 Å². The van der Waals surface area contributed by atoms with E-state index in [0.29, 0.717) is 25.8 Å². The number of halogens is 2. The van der Waals surface area contributed by atoms with E-state index >= 15 is 0 Å². The average Bonchev–Trinajstić information content (AvgIpc) is 3.38. The molecule has 5 rings (SSSR count). The first kappa shape index (κ1) is 19.7. The van der Waals surface area contributed by atoms with Gasteiger partial charge < -0.3 is 9.88 Å². The molecule has 0 radical (unpaired) electrons. The predicted octanol–water partition coefficient (Wildman–Crippen LogP) is 6.03. The van der Waals surface area contributed by atoms with E-state index < -0.39 is 0 Å². The maximum atomic E-state index is 12.4. The number of aliphatic imine (C=N–C) groups is 1. The highest BCUT2D eigenvalue weighted by Gasteiger charge is 2.25. The van der Waals surface area contributed by atoms with Crippen molar-refractivity contribution in [1.29, 1.82) is 0 Å². The van der Waals surface area contributed by atoms with Crippen molar-refractivity contribution in [3.05, 3.63) is 63.2 Å². The van der Waals surface area contributed by atoms with E-state index in [9.17, 15) is 4.79 Å². The van der Waals surface area contributed by atoms with Gasteiger partial charge in [0.25, 0.3) is 5.91 Å². The molecule has 30 heavy (non-hydrogen) atoms. The van der Waals surface area contributed by atoms with Gasteiger partial charge >= 0.3 is 0 Å². The molecular formula is C22H18Cl2N4OS. The SMILES string of the molecule is O=C1NC(=Nc2c(Cl)cccc2Cl)S/C1=C\c1ccc2ncn(CCC3CC3)c2c1. The number of hydrogen-bond donors (Lipinski definition) is 1. The lowest BCUT2D eigenvalue weighted by Crippen LogP contribution is -2.19. The highest BCUT2D eigenvalue weighted by molar-refractivity contribution is 8.18. The predicted molar refractivity (Wildman–Crippen MR) is 124 cm³/mol. The highest BCUT2D eigenvalue weighted by atomic mass is 35.5. The number of benzene rings is 2. The van der Waals surface area contributed by atoms with E-state index in [-0.39, 0.29) is 5.91 Å². The number of para-hydroxylation sites is 1. The van der Waals surface area contributed by atoms with Crippen LogP contribution in [0.15, 0.2) is 52.6 Å². The number of aryl methyl sites for hydroxylation is 1. The molecule has 3 aromatic rings. The first-order valence-corrected chi connectivity index (χ1v) is 11.3. The average molecular weight is 457 g/mol. The van der Waals surface area contributed by atoms with Gasteiger partial charge in [-0.3, -0.25) is 4.79 Å². The topological polar surface area (TPSA) is 59.3 Å². The van der Waals surface area contributed by atoms with E-state index in [4.69, 9.17) is 23.2 Å². The number of amides is 1. The molecule has 0 spiro atoms. The quantitative estimate of drug-likeness (QED) is 0.476. The second-order valence-electron chi connectivity index (χ2n) is 7.47. The van der Waals surface area contributed by atoms with Crippen LogP contribution in [-0.4, -0.2) is 20.6 Å². The number of carbonyl (C=O) groups is 1. The maximum Gasteiger partial charge on any atom is 0.264 e. The molecule has 152 valence electrons. The monoisotopic (exact) mass is 456 g/mol. The Morgan fingerprint density at radius 2 is 2.03 bits per heavy atom. The Bertz CT molecular complexity index is 1190. The zero-order valence-corrected chi connectivity index (χ0v) is 18.3. The number of nitrogens with one attached hydrogen (secondary N) is 1. The third kappa shape index (κ3) is 4.13. The third-order valence-electron chi connectivity index (χ3n) is 5.22. The highest BCUT2D eigenvalue weighted by Crippen LogP contribution is 2.36. The summed E-state index contributed by atoms with van der Waals surface area (Å²) in [6.45, 7) is 0.978. The zero-order valence-electron chi connectivity index (χ0n) is 15.9. The van der Waals surface area contributed by atoms with Crippen molar-refractivity contribution in [2.24, 2.45) is 10.9 Å². The van der Waals surface area contributed by atoms with Crippen molar-refractivity contribution in [1.82, 2.24) is 14.9 Å². The molecule has 2 heterocycles. The molecule has 1 saturated heterocycles. The molecule has 0 atom stereocenters. The van der Waals surface area contributed by atoms with Gasteiger partial charge in [0.05, 0.1) is 32.3 Å². The van der Waals surface area contributed by atoms with Crippen LogP contribution in [0.5, 0.6) is 0 Å². The van der Waals surface area contributed by atoms with Gasteiger partial charge in [0.15, 0.2) is 5.17 Å². The van der Waals surface area contributed by atoms with Crippen molar-refractivity contribution >= 4 is 68.8 Å². The van der Waals surface area contributed by atoms with Crippen LogP contribution >= 0.6 is 35.0 Å². The van der Waals surface area contributed by atoms with Crippen LogP contribution < -0.4 is 5.32 Å².